The maximum absolute atomic E-state index is 5.29. The lowest BCUT2D eigenvalue weighted by Crippen LogP contribution is -1.94. The second kappa shape index (κ2) is 13.0. The van der Waals surface area contributed by atoms with E-state index in [1.165, 1.54) is 20.3 Å². The summed E-state index contributed by atoms with van der Waals surface area (Å²) in [4.78, 5) is 22.5. The van der Waals surface area contributed by atoms with E-state index >= 15 is 0 Å². The van der Waals surface area contributed by atoms with Crippen LogP contribution in [0.25, 0.3) is 68.6 Å². The van der Waals surface area contributed by atoms with Gasteiger partial charge in [-0.25, -0.2) is 9.97 Å². The predicted molar refractivity (Wildman–Crippen MR) is 197 cm³/mol. The Morgan fingerprint density at radius 3 is 1.51 bits per heavy atom. The first-order chi connectivity index (χ1) is 22.1. The Hall–Kier alpha value is -4.30. The summed E-state index contributed by atoms with van der Waals surface area (Å²) in [5, 5.41) is 0. The number of nitrogens with one attached hydrogen (secondary N) is 2. The van der Waals surface area contributed by atoms with Crippen LogP contribution in [0.5, 0.6) is 0 Å². The average Bonchev–Trinajstić information content (AvgIpc) is 3.89. The van der Waals surface area contributed by atoms with Crippen LogP contribution in [0.4, 0.5) is 0 Å². The average molecular weight is 702 g/mol. The molecule has 0 aliphatic carbocycles. The van der Waals surface area contributed by atoms with Gasteiger partial charge in [0.15, 0.2) is 0 Å². The highest BCUT2D eigenvalue weighted by Crippen LogP contribution is 2.35. The van der Waals surface area contributed by atoms with Crippen LogP contribution < -0.4 is 0 Å². The minimum absolute atomic E-state index is 0.928. The van der Waals surface area contributed by atoms with Crippen LogP contribution in [0.2, 0.25) is 0 Å². The molecule has 6 heterocycles. The molecule has 45 heavy (non-hydrogen) atoms. The largest absolute Gasteiger partial charge is 0.355 e. The number of hydrogen-bond acceptors (Lipinski definition) is 3. The molecule has 0 fully saturated rings. The quantitative estimate of drug-likeness (QED) is 0.155. The highest BCUT2D eigenvalue weighted by atomic mass is 127. The van der Waals surface area contributed by atoms with Crippen LogP contribution in [0.3, 0.4) is 0 Å². The van der Waals surface area contributed by atoms with Gasteiger partial charge in [-0.15, -0.1) is 0 Å². The first-order valence-corrected chi connectivity index (χ1v) is 17.0. The molecule has 0 unspecified atom stereocenters. The van der Waals surface area contributed by atoms with E-state index < -0.39 is 0 Å². The van der Waals surface area contributed by atoms with Crippen molar-refractivity contribution < 1.29 is 0 Å². The Balaban J connectivity index is 1.63. The predicted octanol–water partition coefficient (Wildman–Crippen LogP) is 10.7. The number of H-pyrrole nitrogens is 2. The van der Waals surface area contributed by atoms with Gasteiger partial charge < -0.3 is 9.97 Å². The van der Waals surface area contributed by atoms with E-state index in [0.29, 0.717) is 0 Å². The third-order valence-electron chi connectivity index (χ3n) is 8.63. The fraction of sp³-hybridized carbons (Fsp3) is 0.205. The Morgan fingerprint density at radius 1 is 0.533 bits per heavy atom. The second-order valence-corrected chi connectivity index (χ2v) is 12.9. The molecule has 8 bridgehead atoms. The van der Waals surface area contributed by atoms with Gasteiger partial charge in [0.05, 0.1) is 22.8 Å². The molecule has 0 spiro atoms. The second-order valence-electron chi connectivity index (χ2n) is 11.7. The summed E-state index contributed by atoms with van der Waals surface area (Å²) >= 11 is 2.37. The van der Waals surface area contributed by atoms with Crippen molar-refractivity contribution in [1.82, 2.24) is 24.9 Å². The van der Waals surface area contributed by atoms with Gasteiger partial charge in [0, 0.05) is 60.3 Å². The monoisotopic (exact) mass is 701 g/mol. The van der Waals surface area contributed by atoms with E-state index in [-0.39, 0.29) is 0 Å². The van der Waals surface area contributed by atoms with Crippen molar-refractivity contribution in [3.05, 3.63) is 111 Å². The zero-order chi connectivity index (χ0) is 30.8. The van der Waals surface area contributed by atoms with Crippen LogP contribution in [0.1, 0.15) is 73.4 Å². The smallest absolute Gasteiger partial charge is 0.0737 e. The molecule has 224 valence electrons. The molecule has 2 N–H and O–H groups in total. The SMILES string of the molecule is CCCCc1c2nc(c(-c3ccncc3)c3nc(c(CCCC)c4ccc([nH]4)c(-c4ccc(I)cc4)c4ccc1[nH]4)C=C3)C=C2. The summed E-state index contributed by atoms with van der Waals surface area (Å²) in [7, 11) is 0. The fourth-order valence-electron chi connectivity index (χ4n) is 6.30. The van der Waals surface area contributed by atoms with Crippen LogP contribution >= 0.6 is 22.6 Å². The first kappa shape index (κ1) is 29.4. The van der Waals surface area contributed by atoms with E-state index in [1.807, 2.05) is 12.4 Å². The molecule has 0 radical (unpaired) electrons. The van der Waals surface area contributed by atoms with Crippen molar-refractivity contribution in [2.75, 3.05) is 0 Å². The van der Waals surface area contributed by atoms with Crippen LogP contribution in [-0.4, -0.2) is 24.9 Å². The van der Waals surface area contributed by atoms with Gasteiger partial charge >= 0.3 is 0 Å². The molecule has 5 nitrogen and oxygen atoms in total. The zero-order valence-corrected chi connectivity index (χ0v) is 27.9. The van der Waals surface area contributed by atoms with Crippen molar-refractivity contribution in [2.24, 2.45) is 0 Å². The Bertz CT molecular complexity index is 1980. The number of aromatic amines is 2. The Kier molecular flexibility index (Phi) is 8.48. The van der Waals surface area contributed by atoms with Gasteiger partial charge in [-0.3, -0.25) is 4.98 Å². The molecule has 6 heteroatoms. The summed E-state index contributed by atoms with van der Waals surface area (Å²) in [6, 6.07) is 21.8. The summed E-state index contributed by atoms with van der Waals surface area (Å²) in [5.41, 5.74) is 15.1. The zero-order valence-electron chi connectivity index (χ0n) is 25.7. The highest BCUT2D eigenvalue weighted by molar-refractivity contribution is 14.1. The van der Waals surface area contributed by atoms with Gasteiger partial charge in [-0.2, -0.15) is 0 Å². The molecular weight excluding hydrogens is 665 g/mol. The van der Waals surface area contributed by atoms with Crippen molar-refractivity contribution in [3.63, 3.8) is 0 Å². The molecule has 2 aliphatic rings. The first-order valence-electron chi connectivity index (χ1n) is 15.9. The lowest BCUT2D eigenvalue weighted by atomic mass is 10.0. The molecule has 0 saturated carbocycles. The summed E-state index contributed by atoms with van der Waals surface area (Å²) in [6.07, 6.45) is 18.6. The standard InChI is InChI=1S/C39H36IN5/c1-3-5-7-28-30-13-17-34(42-30)38(25-9-11-27(40)12-10-25)35-18-14-31(43-35)29(8-6-4-2)33-16-20-37(45-33)39(26-21-23-41-24-22-26)36-19-15-32(28)44-36/h9-24,42-43H,3-8H2,1-2H3. The van der Waals surface area contributed by atoms with E-state index in [9.17, 15) is 0 Å². The Morgan fingerprint density at radius 2 is 1.00 bits per heavy atom. The maximum atomic E-state index is 5.29. The van der Waals surface area contributed by atoms with Crippen LogP contribution in [-0.2, 0) is 12.8 Å². The number of aryl methyl sites for hydroxylation is 2. The van der Waals surface area contributed by atoms with Crippen LogP contribution in [0.15, 0.2) is 73.1 Å². The van der Waals surface area contributed by atoms with E-state index in [0.717, 1.165) is 100 Å². The van der Waals surface area contributed by atoms with Crippen molar-refractivity contribution in [2.45, 2.75) is 52.4 Å². The summed E-state index contributed by atoms with van der Waals surface area (Å²) in [6.45, 7) is 4.48. The Labute approximate surface area is 277 Å². The van der Waals surface area contributed by atoms with Gasteiger partial charge in [0.1, 0.15) is 0 Å². The summed E-state index contributed by atoms with van der Waals surface area (Å²) in [5.74, 6) is 0. The molecular formula is C39H36IN5. The topological polar surface area (TPSA) is 70.2 Å². The van der Waals surface area contributed by atoms with E-state index in [1.54, 1.807) is 0 Å². The van der Waals surface area contributed by atoms with Gasteiger partial charge in [0.25, 0.3) is 0 Å². The molecule has 5 aromatic rings. The van der Waals surface area contributed by atoms with Gasteiger partial charge in [-0.05, 0) is 132 Å². The van der Waals surface area contributed by atoms with E-state index in [2.05, 4.69) is 136 Å². The molecule has 1 aromatic carbocycles. The van der Waals surface area contributed by atoms with Gasteiger partial charge in [0.2, 0.25) is 0 Å². The van der Waals surface area contributed by atoms with Gasteiger partial charge in [-0.1, -0.05) is 38.8 Å². The molecule has 4 aromatic heterocycles. The molecule has 7 rings (SSSR count). The lowest BCUT2D eigenvalue weighted by Gasteiger charge is -2.06. The molecule has 0 amide bonds. The minimum Gasteiger partial charge on any atom is -0.355 e. The van der Waals surface area contributed by atoms with Crippen molar-refractivity contribution in [1.29, 1.82) is 0 Å². The number of aromatic nitrogens is 5. The molecule has 0 atom stereocenters. The fourth-order valence-corrected chi connectivity index (χ4v) is 6.66. The minimum atomic E-state index is 0.928. The number of fused-ring (bicyclic) bond motifs is 8. The van der Waals surface area contributed by atoms with Crippen LogP contribution in [0, 0.1) is 3.57 Å². The van der Waals surface area contributed by atoms with Crippen molar-refractivity contribution in [3.8, 4) is 22.3 Å². The van der Waals surface area contributed by atoms with E-state index in [4.69, 9.17) is 9.97 Å². The number of halogens is 1. The normalized spacial score (nSPS) is 12.2. The number of pyridine rings is 1. The number of rotatable bonds is 8. The number of benzene rings is 1. The third kappa shape index (κ3) is 5.91. The number of unbranched alkanes of at least 4 members (excludes halogenated alkanes) is 2. The number of nitrogens with zero attached hydrogens (tertiary/aromatic N) is 3. The third-order valence-corrected chi connectivity index (χ3v) is 9.35. The number of hydrogen-bond donors (Lipinski definition) is 2. The highest BCUT2D eigenvalue weighted by Gasteiger charge is 2.18. The van der Waals surface area contributed by atoms with Crippen molar-refractivity contribution >= 4 is 69.0 Å². The molecule has 2 aliphatic heterocycles. The summed E-state index contributed by atoms with van der Waals surface area (Å²) < 4.78 is 1.22. The maximum Gasteiger partial charge on any atom is 0.0737 e. The molecule has 0 saturated heterocycles. The lowest BCUT2D eigenvalue weighted by molar-refractivity contribution is 0.794.